The third-order valence-corrected chi connectivity index (χ3v) is 5.18. The third-order valence-electron chi connectivity index (χ3n) is 5.18. The first kappa shape index (κ1) is 23.2. The molecule has 1 aliphatic rings. The number of hydrogen-bond donors (Lipinski definition) is 1. The van der Waals surface area contributed by atoms with Crippen LogP contribution in [0.4, 0.5) is 0 Å². The van der Waals surface area contributed by atoms with Gasteiger partial charge in [0, 0.05) is 31.5 Å². The SMILES string of the molecule is C=C(CC1(OCCCCCNCc2cnc(OC)cn2)CCCC1)N=C/C=C\C. The fourth-order valence-electron chi connectivity index (χ4n) is 3.62. The summed E-state index contributed by atoms with van der Waals surface area (Å²) >= 11 is 0. The molecule has 0 aliphatic heterocycles. The van der Waals surface area contributed by atoms with Crippen LogP contribution in [0.25, 0.3) is 0 Å². The van der Waals surface area contributed by atoms with Crippen molar-refractivity contribution in [3.8, 4) is 5.88 Å². The van der Waals surface area contributed by atoms with Gasteiger partial charge in [0.05, 0.1) is 30.8 Å². The summed E-state index contributed by atoms with van der Waals surface area (Å²) in [5.41, 5.74) is 1.79. The van der Waals surface area contributed by atoms with Crippen LogP contribution in [-0.2, 0) is 11.3 Å². The Balaban J connectivity index is 1.58. The van der Waals surface area contributed by atoms with Crippen molar-refractivity contribution in [2.45, 2.75) is 70.4 Å². The standard InChI is InChI=1S/C23H36N4O2/c1-4-5-14-25-20(2)16-23(11-7-8-12-23)29-15-10-6-9-13-24-17-21-18-27-22(28-3)19-26-21/h4-5,14,18-19,24H,2,6-13,15-17H2,1,3H3/b5-4-,25-14?. The molecule has 0 amide bonds. The van der Waals surface area contributed by atoms with Gasteiger partial charge in [-0.05, 0) is 51.6 Å². The van der Waals surface area contributed by atoms with Gasteiger partial charge in [-0.1, -0.05) is 25.5 Å². The molecule has 0 spiro atoms. The first-order valence-electron chi connectivity index (χ1n) is 10.7. The molecule has 1 aromatic rings. The number of rotatable bonds is 14. The molecule has 6 heteroatoms. The lowest BCUT2D eigenvalue weighted by atomic mass is 9.96. The molecule has 1 heterocycles. The van der Waals surface area contributed by atoms with Crippen molar-refractivity contribution in [2.75, 3.05) is 20.3 Å². The normalized spacial score (nSPS) is 16.1. The Bertz CT molecular complexity index is 649. The summed E-state index contributed by atoms with van der Waals surface area (Å²) in [4.78, 5) is 12.9. The summed E-state index contributed by atoms with van der Waals surface area (Å²) in [6.07, 6.45) is 18.0. The Labute approximate surface area is 175 Å². The Hall–Kier alpha value is -2.05. The van der Waals surface area contributed by atoms with E-state index in [0.29, 0.717) is 5.88 Å². The molecule has 0 unspecified atom stereocenters. The molecule has 29 heavy (non-hydrogen) atoms. The van der Waals surface area contributed by atoms with Gasteiger partial charge in [0.1, 0.15) is 0 Å². The van der Waals surface area contributed by atoms with E-state index in [1.54, 1.807) is 19.5 Å². The minimum Gasteiger partial charge on any atom is -0.480 e. The first-order valence-corrected chi connectivity index (χ1v) is 10.7. The van der Waals surface area contributed by atoms with Gasteiger partial charge < -0.3 is 14.8 Å². The third kappa shape index (κ3) is 8.88. The molecule has 1 N–H and O–H groups in total. The lowest BCUT2D eigenvalue weighted by Crippen LogP contribution is -2.30. The second kappa shape index (κ2) is 13.2. The fourth-order valence-corrected chi connectivity index (χ4v) is 3.62. The smallest absolute Gasteiger partial charge is 0.231 e. The predicted octanol–water partition coefficient (Wildman–Crippen LogP) is 4.63. The number of hydrogen-bond acceptors (Lipinski definition) is 6. The second-order valence-corrected chi connectivity index (χ2v) is 7.57. The summed E-state index contributed by atoms with van der Waals surface area (Å²) < 4.78 is 11.4. The number of unbranched alkanes of at least 4 members (excludes halogenated alkanes) is 2. The molecule has 0 saturated heterocycles. The molecule has 2 rings (SSSR count). The van der Waals surface area contributed by atoms with Crippen LogP contribution in [0.1, 0.15) is 64.0 Å². The highest BCUT2D eigenvalue weighted by atomic mass is 16.5. The van der Waals surface area contributed by atoms with Crippen LogP contribution >= 0.6 is 0 Å². The van der Waals surface area contributed by atoms with Gasteiger partial charge in [0.15, 0.2) is 0 Å². The summed E-state index contributed by atoms with van der Waals surface area (Å²) in [5.74, 6) is 0.543. The van der Waals surface area contributed by atoms with Crippen LogP contribution in [0.2, 0.25) is 0 Å². The van der Waals surface area contributed by atoms with E-state index in [4.69, 9.17) is 9.47 Å². The second-order valence-electron chi connectivity index (χ2n) is 7.57. The molecular weight excluding hydrogens is 364 g/mol. The number of allylic oxidation sites excluding steroid dienone is 2. The Morgan fingerprint density at radius 1 is 1.24 bits per heavy atom. The average molecular weight is 401 g/mol. The lowest BCUT2D eigenvalue weighted by molar-refractivity contribution is -0.0417. The fraction of sp³-hybridized carbons (Fsp3) is 0.609. The van der Waals surface area contributed by atoms with Crippen molar-refractivity contribution in [1.29, 1.82) is 0 Å². The van der Waals surface area contributed by atoms with Crippen molar-refractivity contribution < 1.29 is 9.47 Å². The minimum absolute atomic E-state index is 0.0460. The van der Waals surface area contributed by atoms with E-state index in [9.17, 15) is 0 Å². The van der Waals surface area contributed by atoms with E-state index in [-0.39, 0.29) is 5.60 Å². The maximum absolute atomic E-state index is 6.36. The molecule has 0 radical (unpaired) electrons. The van der Waals surface area contributed by atoms with Crippen LogP contribution in [0, 0.1) is 0 Å². The van der Waals surface area contributed by atoms with Crippen LogP contribution in [0.3, 0.4) is 0 Å². The van der Waals surface area contributed by atoms with Crippen molar-refractivity contribution in [3.05, 3.63) is 42.5 Å². The maximum atomic E-state index is 6.36. The lowest BCUT2D eigenvalue weighted by Gasteiger charge is -2.29. The summed E-state index contributed by atoms with van der Waals surface area (Å²) in [7, 11) is 1.59. The van der Waals surface area contributed by atoms with Gasteiger partial charge in [0.25, 0.3) is 0 Å². The van der Waals surface area contributed by atoms with Crippen molar-refractivity contribution in [1.82, 2.24) is 15.3 Å². The van der Waals surface area contributed by atoms with E-state index in [0.717, 1.165) is 69.6 Å². The molecule has 0 bridgehead atoms. The largest absolute Gasteiger partial charge is 0.480 e. The predicted molar refractivity (Wildman–Crippen MR) is 118 cm³/mol. The van der Waals surface area contributed by atoms with E-state index < -0.39 is 0 Å². The Morgan fingerprint density at radius 2 is 2.07 bits per heavy atom. The summed E-state index contributed by atoms with van der Waals surface area (Å²) in [5, 5.41) is 3.41. The highest BCUT2D eigenvalue weighted by Gasteiger charge is 2.35. The van der Waals surface area contributed by atoms with E-state index >= 15 is 0 Å². The minimum atomic E-state index is -0.0460. The van der Waals surface area contributed by atoms with Gasteiger partial charge >= 0.3 is 0 Å². The van der Waals surface area contributed by atoms with Gasteiger partial charge in [-0.3, -0.25) is 9.98 Å². The van der Waals surface area contributed by atoms with Crippen molar-refractivity contribution in [3.63, 3.8) is 0 Å². The monoisotopic (exact) mass is 400 g/mol. The molecule has 1 fully saturated rings. The number of aliphatic imine (C=N–C) groups is 1. The molecule has 6 nitrogen and oxygen atoms in total. The highest BCUT2D eigenvalue weighted by molar-refractivity contribution is 5.71. The van der Waals surface area contributed by atoms with Crippen LogP contribution in [0.15, 0.2) is 41.8 Å². The highest BCUT2D eigenvalue weighted by Crippen LogP contribution is 2.38. The summed E-state index contributed by atoms with van der Waals surface area (Å²) in [6, 6.07) is 0. The van der Waals surface area contributed by atoms with E-state index in [1.165, 1.54) is 12.8 Å². The van der Waals surface area contributed by atoms with Gasteiger partial charge in [-0.2, -0.15) is 0 Å². The topological polar surface area (TPSA) is 68.6 Å². The molecule has 0 aromatic carbocycles. The number of aromatic nitrogens is 2. The van der Waals surface area contributed by atoms with Crippen LogP contribution in [-0.4, -0.2) is 42.0 Å². The zero-order valence-electron chi connectivity index (χ0n) is 18.0. The Kier molecular flexibility index (Phi) is 10.6. The quantitative estimate of drug-likeness (QED) is 0.364. The zero-order chi connectivity index (χ0) is 20.8. The van der Waals surface area contributed by atoms with Crippen molar-refractivity contribution >= 4 is 6.21 Å². The van der Waals surface area contributed by atoms with Gasteiger partial charge in [-0.15, -0.1) is 0 Å². The average Bonchev–Trinajstić information content (AvgIpc) is 3.19. The molecular formula is C23H36N4O2. The number of nitrogens with zero attached hydrogens (tertiary/aromatic N) is 3. The Morgan fingerprint density at radius 3 is 2.76 bits per heavy atom. The number of methoxy groups -OCH3 is 1. The number of nitrogens with one attached hydrogen (secondary N) is 1. The zero-order valence-corrected chi connectivity index (χ0v) is 18.0. The maximum Gasteiger partial charge on any atom is 0.231 e. The van der Waals surface area contributed by atoms with E-state index in [1.807, 2.05) is 25.3 Å². The van der Waals surface area contributed by atoms with Gasteiger partial charge in [0.2, 0.25) is 5.88 Å². The van der Waals surface area contributed by atoms with Crippen LogP contribution in [0.5, 0.6) is 5.88 Å². The van der Waals surface area contributed by atoms with Crippen molar-refractivity contribution in [2.24, 2.45) is 4.99 Å². The van der Waals surface area contributed by atoms with E-state index in [2.05, 4.69) is 26.9 Å². The summed E-state index contributed by atoms with van der Waals surface area (Å²) in [6.45, 7) is 8.61. The molecule has 160 valence electrons. The first-order chi connectivity index (χ1) is 14.2. The molecule has 1 aliphatic carbocycles. The van der Waals surface area contributed by atoms with Crippen LogP contribution < -0.4 is 10.1 Å². The van der Waals surface area contributed by atoms with Gasteiger partial charge in [-0.25, -0.2) is 4.98 Å². The number of ether oxygens (including phenoxy) is 2. The molecule has 0 atom stereocenters. The molecule has 1 aromatic heterocycles. The molecule has 1 saturated carbocycles.